The molecule has 2 bridgehead atoms. The number of ether oxygens (including phenoxy) is 1. The second-order valence-electron chi connectivity index (χ2n) is 6.54. The number of rotatable bonds is 3. The van der Waals surface area contributed by atoms with Gasteiger partial charge in [0.25, 0.3) is 0 Å². The normalized spacial score (nSPS) is 36.0. The SMILES string of the molecule is CC(C)(C)OC(=O)NCC12CC(CO)(C1)C2. The molecule has 3 aliphatic carbocycles. The van der Waals surface area contributed by atoms with Gasteiger partial charge in [0.1, 0.15) is 5.60 Å². The topological polar surface area (TPSA) is 58.6 Å². The van der Waals surface area contributed by atoms with Gasteiger partial charge in [-0.3, -0.25) is 0 Å². The minimum absolute atomic E-state index is 0.204. The van der Waals surface area contributed by atoms with Crippen LogP contribution in [0.25, 0.3) is 0 Å². The van der Waals surface area contributed by atoms with E-state index in [4.69, 9.17) is 9.84 Å². The minimum Gasteiger partial charge on any atom is -0.444 e. The molecule has 1 amide bonds. The Bertz CT molecular complexity index is 286. The number of aliphatic hydroxyl groups excluding tert-OH is 1. The fraction of sp³-hybridized carbons (Fsp3) is 0.917. The Morgan fingerprint density at radius 3 is 2.31 bits per heavy atom. The molecular formula is C12H21NO3. The van der Waals surface area contributed by atoms with Gasteiger partial charge in [0.2, 0.25) is 0 Å². The number of aliphatic hydroxyl groups is 1. The summed E-state index contributed by atoms with van der Waals surface area (Å²) < 4.78 is 5.17. The average Bonchev–Trinajstić information content (AvgIpc) is 1.96. The van der Waals surface area contributed by atoms with Crippen LogP contribution in [0.3, 0.4) is 0 Å². The molecule has 0 aromatic carbocycles. The summed E-state index contributed by atoms with van der Waals surface area (Å²) in [5.74, 6) is 0. The Morgan fingerprint density at radius 1 is 1.31 bits per heavy atom. The maximum Gasteiger partial charge on any atom is 0.407 e. The molecule has 16 heavy (non-hydrogen) atoms. The quantitative estimate of drug-likeness (QED) is 0.771. The highest BCUT2D eigenvalue weighted by atomic mass is 16.6. The molecule has 0 atom stereocenters. The Kier molecular flexibility index (Phi) is 2.46. The van der Waals surface area contributed by atoms with Crippen LogP contribution in [0.5, 0.6) is 0 Å². The van der Waals surface area contributed by atoms with Crippen molar-refractivity contribution in [3.05, 3.63) is 0 Å². The lowest BCUT2D eigenvalue weighted by Gasteiger charge is -2.70. The zero-order valence-corrected chi connectivity index (χ0v) is 10.3. The molecule has 0 unspecified atom stereocenters. The number of carbonyl (C=O) groups excluding carboxylic acids is 1. The van der Waals surface area contributed by atoms with Gasteiger partial charge in [-0.15, -0.1) is 0 Å². The summed E-state index contributed by atoms with van der Waals surface area (Å²) in [5.41, 5.74) is 0.0328. The molecule has 0 spiro atoms. The van der Waals surface area contributed by atoms with Crippen molar-refractivity contribution in [1.82, 2.24) is 5.32 Å². The number of nitrogens with one attached hydrogen (secondary N) is 1. The Balaban J connectivity index is 1.69. The Morgan fingerprint density at radius 2 is 1.88 bits per heavy atom. The van der Waals surface area contributed by atoms with Gasteiger partial charge in [-0.2, -0.15) is 0 Å². The van der Waals surface area contributed by atoms with Crippen LogP contribution in [-0.4, -0.2) is 30.0 Å². The van der Waals surface area contributed by atoms with Crippen molar-refractivity contribution in [3.8, 4) is 0 Å². The lowest BCUT2D eigenvalue weighted by molar-refractivity contribution is -0.219. The van der Waals surface area contributed by atoms with Gasteiger partial charge in [-0.25, -0.2) is 4.79 Å². The highest BCUT2D eigenvalue weighted by molar-refractivity contribution is 5.67. The van der Waals surface area contributed by atoms with Gasteiger partial charge in [0.15, 0.2) is 0 Å². The zero-order valence-electron chi connectivity index (χ0n) is 10.3. The molecule has 0 aromatic heterocycles. The predicted molar refractivity (Wildman–Crippen MR) is 60.0 cm³/mol. The second kappa shape index (κ2) is 3.36. The summed E-state index contributed by atoms with van der Waals surface area (Å²) in [5, 5.41) is 11.9. The number of amides is 1. The molecule has 4 nitrogen and oxygen atoms in total. The fourth-order valence-corrected chi connectivity index (χ4v) is 3.16. The van der Waals surface area contributed by atoms with Crippen molar-refractivity contribution in [1.29, 1.82) is 0 Å². The first-order valence-electron chi connectivity index (χ1n) is 5.86. The molecule has 0 radical (unpaired) electrons. The Labute approximate surface area is 96.4 Å². The zero-order chi connectivity index (χ0) is 12.0. The highest BCUT2D eigenvalue weighted by Gasteiger charge is 2.66. The molecule has 0 aliphatic heterocycles. The first-order valence-corrected chi connectivity index (χ1v) is 5.86. The molecule has 4 heteroatoms. The molecule has 92 valence electrons. The first-order chi connectivity index (χ1) is 7.28. The summed E-state index contributed by atoms with van der Waals surface area (Å²) in [6.07, 6.45) is 2.81. The number of hydrogen-bond donors (Lipinski definition) is 2. The van der Waals surface area contributed by atoms with Crippen LogP contribution >= 0.6 is 0 Å². The molecule has 3 saturated carbocycles. The van der Waals surface area contributed by atoms with Crippen molar-refractivity contribution < 1.29 is 14.6 Å². The van der Waals surface area contributed by atoms with E-state index in [2.05, 4.69) is 5.32 Å². The summed E-state index contributed by atoms with van der Waals surface area (Å²) >= 11 is 0. The van der Waals surface area contributed by atoms with Crippen LogP contribution in [0.4, 0.5) is 4.79 Å². The molecule has 3 fully saturated rings. The third kappa shape index (κ3) is 2.03. The molecule has 3 aliphatic rings. The maximum absolute atomic E-state index is 11.4. The van der Waals surface area contributed by atoms with E-state index in [0.717, 1.165) is 19.3 Å². The third-order valence-corrected chi connectivity index (χ3v) is 3.59. The van der Waals surface area contributed by atoms with Gasteiger partial charge >= 0.3 is 6.09 Å². The summed E-state index contributed by atoms with van der Waals surface area (Å²) in [6, 6.07) is 0. The van der Waals surface area contributed by atoms with E-state index in [-0.39, 0.29) is 16.9 Å². The largest absolute Gasteiger partial charge is 0.444 e. The van der Waals surface area contributed by atoms with Crippen LogP contribution in [0.15, 0.2) is 0 Å². The van der Waals surface area contributed by atoms with Crippen molar-refractivity contribution in [3.63, 3.8) is 0 Å². The number of hydrogen-bond acceptors (Lipinski definition) is 3. The summed E-state index contributed by atoms with van der Waals surface area (Å²) in [7, 11) is 0. The van der Waals surface area contributed by atoms with E-state index in [1.54, 1.807) is 0 Å². The van der Waals surface area contributed by atoms with Gasteiger partial charge in [-0.1, -0.05) is 0 Å². The van der Waals surface area contributed by atoms with Crippen molar-refractivity contribution in [2.45, 2.75) is 45.6 Å². The lowest BCUT2D eigenvalue weighted by atomic mass is 9.35. The van der Waals surface area contributed by atoms with Gasteiger partial charge in [-0.05, 0) is 50.9 Å². The van der Waals surface area contributed by atoms with Crippen LogP contribution < -0.4 is 5.32 Å². The minimum atomic E-state index is -0.435. The van der Waals surface area contributed by atoms with E-state index >= 15 is 0 Å². The molecule has 0 heterocycles. The Hall–Kier alpha value is -0.770. The fourth-order valence-electron chi connectivity index (χ4n) is 3.16. The number of carbonyl (C=O) groups is 1. The molecule has 3 rings (SSSR count). The maximum atomic E-state index is 11.4. The van der Waals surface area contributed by atoms with E-state index in [0.29, 0.717) is 13.2 Å². The van der Waals surface area contributed by atoms with Crippen LogP contribution in [0.1, 0.15) is 40.0 Å². The lowest BCUT2D eigenvalue weighted by Crippen LogP contribution is -2.67. The number of alkyl carbamates (subject to hydrolysis) is 1. The van der Waals surface area contributed by atoms with Crippen LogP contribution in [0.2, 0.25) is 0 Å². The third-order valence-electron chi connectivity index (χ3n) is 3.59. The highest BCUT2D eigenvalue weighted by Crippen LogP contribution is 2.72. The van der Waals surface area contributed by atoms with Gasteiger partial charge < -0.3 is 15.2 Å². The molecule has 0 saturated heterocycles. The van der Waals surface area contributed by atoms with Crippen LogP contribution in [-0.2, 0) is 4.74 Å². The van der Waals surface area contributed by atoms with E-state index < -0.39 is 5.60 Å². The summed E-state index contributed by atoms with van der Waals surface area (Å²) in [6.45, 7) is 6.54. The smallest absolute Gasteiger partial charge is 0.407 e. The van der Waals surface area contributed by atoms with Gasteiger partial charge in [0, 0.05) is 13.2 Å². The molecule has 2 N–H and O–H groups in total. The van der Waals surface area contributed by atoms with Crippen LogP contribution in [0, 0.1) is 10.8 Å². The molecule has 0 aromatic rings. The molecular weight excluding hydrogens is 206 g/mol. The van der Waals surface area contributed by atoms with E-state index in [1.807, 2.05) is 20.8 Å². The van der Waals surface area contributed by atoms with Crippen molar-refractivity contribution >= 4 is 6.09 Å². The average molecular weight is 227 g/mol. The summed E-state index contributed by atoms with van der Waals surface area (Å²) in [4.78, 5) is 11.4. The first kappa shape index (κ1) is 11.7. The predicted octanol–water partition coefficient (Wildman–Crippen LogP) is 1.67. The van der Waals surface area contributed by atoms with Crippen molar-refractivity contribution in [2.75, 3.05) is 13.2 Å². The van der Waals surface area contributed by atoms with E-state index in [1.165, 1.54) is 0 Å². The monoisotopic (exact) mass is 227 g/mol. The second-order valence-corrected chi connectivity index (χ2v) is 6.54. The van der Waals surface area contributed by atoms with Gasteiger partial charge in [0.05, 0.1) is 0 Å². The van der Waals surface area contributed by atoms with Crippen molar-refractivity contribution in [2.24, 2.45) is 10.8 Å². The standard InChI is InChI=1S/C12H21NO3/c1-10(2,3)16-9(15)13-7-11-4-12(5-11,6-11)8-14/h14H,4-8H2,1-3H3,(H,13,15). The van der Waals surface area contributed by atoms with E-state index in [9.17, 15) is 4.79 Å².